The number of likely N-dealkylation sites (tertiary alicyclic amines) is 1. The molecule has 150 valence electrons. The van der Waals surface area contributed by atoms with Crippen molar-refractivity contribution in [2.75, 3.05) is 26.2 Å². The molecule has 5 rings (SSSR count). The van der Waals surface area contributed by atoms with Gasteiger partial charge in [0.25, 0.3) is 0 Å². The molecule has 1 aromatic heterocycles. The summed E-state index contributed by atoms with van der Waals surface area (Å²) in [6, 6.07) is 8.28. The van der Waals surface area contributed by atoms with Gasteiger partial charge in [-0.15, -0.1) is 0 Å². The fourth-order valence-corrected chi connectivity index (χ4v) is 4.29. The number of H-pyrrole nitrogens is 1. The Bertz CT molecular complexity index is 940. The molecule has 3 aliphatic rings. The standard InChI is InChI=1S/C22H26N6O/c1-2-9-28(10-3-1)11-12-29-18-6-4-5-16(13-18)21-19-14-17(22-23-15-24-27-22)7-8-20(19)25-26-21/h4-8,13,15,19,25H,1-3,9-12,14H2,(H,23,24,27). The third-order valence-corrected chi connectivity index (χ3v) is 5.87. The monoisotopic (exact) mass is 390 g/mol. The van der Waals surface area contributed by atoms with Gasteiger partial charge in [0, 0.05) is 23.7 Å². The lowest BCUT2D eigenvalue weighted by molar-refractivity contribution is 0.183. The molecule has 1 fully saturated rings. The molecule has 0 saturated carbocycles. The third-order valence-electron chi connectivity index (χ3n) is 5.87. The van der Waals surface area contributed by atoms with E-state index in [1.807, 2.05) is 12.1 Å². The van der Waals surface area contributed by atoms with E-state index in [2.05, 4.69) is 54.9 Å². The van der Waals surface area contributed by atoms with E-state index in [0.717, 1.165) is 53.7 Å². The number of nitrogens with one attached hydrogen (secondary N) is 2. The third kappa shape index (κ3) is 3.96. The Morgan fingerprint density at radius 1 is 1.14 bits per heavy atom. The number of aromatic nitrogens is 3. The number of aromatic amines is 1. The number of hydrogen-bond acceptors (Lipinski definition) is 6. The summed E-state index contributed by atoms with van der Waals surface area (Å²) in [7, 11) is 0. The second kappa shape index (κ2) is 8.21. The summed E-state index contributed by atoms with van der Waals surface area (Å²) >= 11 is 0. The van der Waals surface area contributed by atoms with Gasteiger partial charge >= 0.3 is 0 Å². The second-order valence-corrected chi connectivity index (χ2v) is 7.79. The van der Waals surface area contributed by atoms with E-state index in [9.17, 15) is 0 Å². The molecule has 7 nitrogen and oxygen atoms in total. The smallest absolute Gasteiger partial charge is 0.151 e. The zero-order valence-corrected chi connectivity index (χ0v) is 16.5. The molecule has 29 heavy (non-hydrogen) atoms. The van der Waals surface area contributed by atoms with Crippen molar-refractivity contribution in [3.8, 4) is 5.75 Å². The summed E-state index contributed by atoms with van der Waals surface area (Å²) in [4.78, 5) is 6.78. The maximum atomic E-state index is 6.06. The van der Waals surface area contributed by atoms with Gasteiger partial charge in [-0.25, -0.2) is 4.98 Å². The van der Waals surface area contributed by atoms with E-state index in [1.165, 1.54) is 32.4 Å². The molecule has 1 aliphatic carbocycles. The van der Waals surface area contributed by atoms with Crippen LogP contribution in [0.5, 0.6) is 5.75 Å². The summed E-state index contributed by atoms with van der Waals surface area (Å²) in [5.41, 5.74) is 7.60. The minimum Gasteiger partial charge on any atom is -0.492 e. The van der Waals surface area contributed by atoms with E-state index in [0.29, 0.717) is 0 Å². The van der Waals surface area contributed by atoms with Crippen molar-refractivity contribution in [1.82, 2.24) is 25.5 Å². The van der Waals surface area contributed by atoms with Crippen LogP contribution in [0.2, 0.25) is 0 Å². The Hall–Kier alpha value is -2.93. The summed E-state index contributed by atoms with van der Waals surface area (Å²) < 4.78 is 6.06. The van der Waals surface area contributed by atoms with Crippen LogP contribution in [0.1, 0.15) is 37.1 Å². The van der Waals surface area contributed by atoms with Gasteiger partial charge < -0.3 is 4.74 Å². The maximum absolute atomic E-state index is 6.06. The van der Waals surface area contributed by atoms with Gasteiger partial charge in [-0.1, -0.05) is 24.6 Å². The fourth-order valence-electron chi connectivity index (χ4n) is 4.29. The van der Waals surface area contributed by atoms with Crippen molar-refractivity contribution in [1.29, 1.82) is 0 Å². The lowest BCUT2D eigenvalue weighted by Gasteiger charge is -2.26. The zero-order valence-electron chi connectivity index (χ0n) is 16.5. The number of nitrogens with zero attached hydrogens (tertiary/aromatic N) is 4. The van der Waals surface area contributed by atoms with Crippen LogP contribution in [-0.4, -0.2) is 52.0 Å². The normalized spacial score (nSPS) is 21.7. The molecule has 0 bridgehead atoms. The lowest BCUT2D eigenvalue weighted by Crippen LogP contribution is -2.33. The minimum atomic E-state index is 0.198. The Labute approximate surface area is 170 Å². The van der Waals surface area contributed by atoms with Crippen molar-refractivity contribution in [2.45, 2.75) is 25.7 Å². The van der Waals surface area contributed by atoms with Crippen molar-refractivity contribution in [3.05, 3.63) is 59.8 Å². The first-order valence-corrected chi connectivity index (χ1v) is 10.4. The van der Waals surface area contributed by atoms with E-state index < -0.39 is 0 Å². The van der Waals surface area contributed by atoms with Crippen molar-refractivity contribution >= 4 is 11.3 Å². The maximum Gasteiger partial charge on any atom is 0.151 e. The number of hydrogen-bond donors (Lipinski definition) is 2. The number of hydrazone groups is 1. The van der Waals surface area contributed by atoms with E-state index in [1.54, 1.807) is 6.33 Å². The first kappa shape index (κ1) is 18.1. The highest BCUT2D eigenvalue weighted by Crippen LogP contribution is 2.34. The summed E-state index contributed by atoms with van der Waals surface area (Å²) in [5.74, 6) is 1.92. The van der Waals surface area contributed by atoms with Gasteiger partial charge in [0.2, 0.25) is 0 Å². The van der Waals surface area contributed by atoms with Gasteiger partial charge in [-0.3, -0.25) is 15.4 Å². The molecule has 0 spiro atoms. The predicted octanol–water partition coefficient (Wildman–Crippen LogP) is 2.96. The van der Waals surface area contributed by atoms with E-state index in [-0.39, 0.29) is 5.92 Å². The van der Waals surface area contributed by atoms with Gasteiger partial charge in [-0.05, 0) is 56.1 Å². The highest BCUT2D eigenvalue weighted by molar-refractivity contribution is 6.06. The Balaban J connectivity index is 1.25. The van der Waals surface area contributed by atoms with Gasteiger partial charge in [-0.2, -0.15) is 10.2 Å². The van der Waals surface area contributed by atoms with Crippen LogP contribution < -0.4 is 10.2 Å². The Morgan fingerprint density at radius 3 is 2.93 bits per heavy atom. The molecule has 1 atom stereocenters. The molecule has 2 N–H and O–H groups in total. The Morgan fingerprint density at radius 2 is 2.07 bits per heavy atom. The largest absolute Gasteiger partial charge is 0.492 e. The SMILES string of the molecule is C1=C(c2ncn[nH]2)CC2C(=C1)NN=C2c1cccc(OCCN2CCCCC2)c1. The van der Waals surface area contributed by atoms with Gasteiger partial charge in [0.05, 0.1) is 5.71 Å². The van der Waals surface area contributed by atoms with Crippen molar-refractivity contribution < 1.29 is 4.74 Å². The van der Waals surface area contributed by atoms with Crippen LogP contribution in [-0.2, 0) is 0 Å². The summed E-state index contributed by atoms with van der Waals surface area (Å²) in [6.07, 6.45) is 10.5. The molecular formula is C22H26N6O. The lowest BCUT2D eigenvalue weighted by atomic mass is 9.85. The quantitative estimate of drug-likeness (QED) is 0.793. The fraction of sp³-hybridized carbons (Fsp3) is 0.409. The predicted molar refractivity (Wildman–Crippen MR) is 112 cm³/mol. The average Bonchev–Trinajstić information content (AvgIpc) is 3.44. The van der Waals surface area contributed by atoms with E-state index in [4.69, 9.17) is 4.74 Å². The molecule has 1 saturated heterocycles. The second-order valence-electron chi connectivity index (χ2n) is 7.79. The molecule has 1 unspecified atom stereocenters. The topological polar surface area (TPSA) is 78.4 Å². The van der Waals surface area contributed by atoms with E-state index >= 15 is 0 Å². The van der Waals surface area contributed by atoms with Crippen molar-refractivity contribution in [2.24, 2.45) is 11.0 Å². The molecular weight excluding hydrogens is 364 g/mol. The van der Waals surface area contributed by atoms with Crippen LogP contribution in [0.4, 0.5) is 0 Å². The van der Waals surface area contributed by atoms with Gasteiger partial charge in [0.15, 0.2) is 5.82 Å². The van der Waals surface area contributed by atoms with Crippen LogP contribution in [0, 0.1) is 5.92 Å². The number of piperidine rings is 1. The average molecular weight is 390 g/mol. The number of fused-ring (bicyclic) bond motifs is 1. The number of benzene rings is 1. The summed E-state index contributed by atoms with van der Waals surface area (Å²) in [6.45, 7) is 4.11. The number of ether oxygens (including phenoxy) is 1. The Kier molecular flexibility index (Phi) is 5.13. The first-order chi connectivity index (χ1) is 14.4. The highest BCUT2D eigenvalue weighted by atomic mass is 16.5. The van der Waals surface area contributed by atoms with Gasteiger partial charge in [0.1, 0.15) is 18.7 Å². The van der Waals surface area contributed by atoms with Crippen LogP contribution >= 0.6 is 0 Å². The molecule has 0 radical (unpaired) electrons. The first-order valence-electron chi connectivity index (χ1n) is 10.4. The highest BCUT2D eigenvalue weighted by Gasteiger charge is 2.31. The minimum absolute atomic E-state index is 0.198. The van der Waals surface area contributed by atoms with Crippen LogP contribution in [0.3, 0.4) is 0 Å². The van der Waals surface area contributed by atoms with Crippen LogP contribution in [0.15, 0.2) is 53.5 Å². The molecule has 7 heteroatoms. The zero-order chi connectivity index (χ0) is 19.5. The molecule has 1 aromatic carbocycles. The molecule has 2 aromatic rings. The molecule has 2 aliphatic heterocycles. The number of allylic oxidation sites excluding steroid dienone is 4. The molecule has 0 amide bonds. The molecule has 3 heterocycles. The number of rotatable bonds is 6. The summed E-state index contributed by atoms with van der Waals surface area (Å²) in [5, 5.41) is 11.5. The van der Waals surface area contributed by atoms with Crippen LogP contribution in [0.25, 0.3) is 5.57 Å². The van der Waals surface area contributed by atoms with Crippen molar-refractivity contribution in [3.63, 3.8) is 0 Å².